The third kappa shape index (κ3) is 2.55. The summed E-state index contributed by atoms with van der Waals surface area (Å²) in [6, 6.07) is 27.8. The Morgan fingerprint density at radius 1 is 0.526 bits per heavy atom. The normalized spacial score (nSPS) is 25.7. The van der Waals surface area contributed by atoms with Crippen LogP contribution in [0.3, 0.4) is 0 Å². The van der Waals surface area contributed by atoms with Crippen molar-refractivity contribution in [2.24, 2.45) is 0 Å². The number of benzene rings is 3. The van der Waals surface area contributed by atoms with Crippen LogP contribution in [0.1, 0.15) is 45.7 Å². The maximum absolute atomic E-state index is 14.2. The van der Waals surface area contributed by atoms with Crippen LogP contribution in [0, 0.1) is 0 Å². The number of hydrogen-bond acceptors (Lipinski definition) is 4. The van der Waals surface area contributed by atoms with Gasteiger partial charge in [-0.05, 0) is 48.3 Å². The Morgan fingerprint density at radius 2 is 0.868 bits per heavy atom. The zero-order valence-corrected chi connectivity index (χ0v) is 21.9. The van der Waals surface area contributed by atoms with Gasteiger partial charge in [0.25, 0.3) is 0 Å². The van der Waals surface area contributed by atoms with Gasteiger partial charge in [-0.1, -0.05) is 84.9 Å². The molecule has 0 N–H and O–H groups in total. The van der Waals surface area contributed by atoms with Gasteiger partial charge in [-0.3, -0.25) is 9.59 Å². The van der Waals surface area contributed by atoms with Gasteiger partial charge in [-0.25, -0.2) is 0 Å². The van der Waals surface area contributed by atoms with Crippen molar-refractivity contribution in [3.05, 3.63) is 142 Å². The summed E-state index contributed by atoms with van der Waals surface area (Å²) in [7, 11) is 4.22. The fourth-order valence-corrected chi connectivity index (χ4v) is 7.06. The Hall–Kier alpha value is -4.44. The van der Waals surface area contributed by atoms with E-state index in [4.69, 9.17) is 0 Å². The van der Waals surface area contributed by atoms with Crippen molar-refractivity contribution in [3.63, 3.8) is 0 Å². The van der Waals surface area contributed by atoms with Crippen molar-refractivity contribution in [1.29, 1.82) is 0 Å². The van der Waals surface area contributed by atoms with E-state index in [1.54, 1.807) is 12.1 Å². The Bertz CT molecular complexity index is 1570. The van der Waals surface area contributed by atoms with Gasteiger partial charge in [0.1, 0.15) is 0 Å². The first-order chi connectivity index (χ1) is 18.3. The molecule has 2 heterocycles. The Kier molecular flexibility index (Phi) is 4.51. The summed E-state index contributed by atoms with van der Waals surface area (Å²) in [4.78, 5) is 33.1. The Balaban J connectivity index is 1.59. The number of allylic oxidation sites excluding steroid dienone is 2. The van der Waals surface area contributed by atoms with Crippen molar-refractivity contribution in [2.75, 3.05) is 14.1 Å². The van der Waals surface area contributed by atoms with Gasteiger partial charge in [0, 0.05) is 47.8 Å². The summed E-state index contributed by atoms with van der Waals surface area (Å²) in [5.41, 5.74) is 6.88. The molecule has 3 aromatic carbocycles. The van der Waals surface area contributed by atoms with Crippen LogP contribution in [0.2, 0.25) is 0 Å². The van der Waals surface area contributed by atoms with Gasteiger partial charge in [-0.2, -0.15) is 0 Å². The lowest BCUT2D eigenvalue weighted by Crippen LogP contribution is -2.66. The summed E-state index contributed by atoms with van der Waals surface area (Å²) >= 11 is 0. The largest absolute Gasteiger partial charge is 0.362 e. The van der Waals surface area contributed by atoms with Crippen molar-refractivity contribution in [2.45, 2.75) is 24.9 Å². The van der Waals surface area contributed by atoms with Gasteiger partial charge in [0.05, 0.1) is 11.1 Å². The van der Waals surface area contributed by atoms with Gasteiger partial charge in [0.15, 0.2) is 11.6 Å². The number of carbonyl (C=O) groups excluding carboxylic acids is 2. The lowest BCUT2D eigenvalue weighted by atomic mass is 9.60. The minimum atomic E-state index is -0.615. The van der Waals surface area contributed by atoms with E-state index >= 15 is 0 Å². The molecule has 3 aromatic rings. The molecule has 0 fully saturated rings. The van der Waals surface area contributed by atoms with Gasteiger partial charge in [-0.15, -0.1) is 0 Å². The average Bonchev–Trinajstić information content (AvgIpc) is 3.39. The maximum atomic E-state index is 14.2. The van der Waals surface area contributed by atoms with Crippen LogP contribution in [0.5, 0.6) is 0 Å². The van der Waals surface area contributed by atoms with E-state index in [1.165, 1.54) is 0 Å². The summed E-state index contributed by atoms with van der Waals surface area (Å²) < 4.78 is 0. The van der Waals surface area contributed by atoms with E-state index in [0.29, 0.717) is 22.3 Å². The molecule has 2 aliphatic carbocycles. The molecule has 7 rings (SSSR count). The van der Waals surface area contributed by atoms with Gasteiger partial charge < -0.3 is 9.80 Å². The minimum absolute atomic E-state index is 0.0749. The summed E-state index contributed by atoms with van der Waals surface area (Å²) in [5.74, 6) is -0.150. The highest BCUT2D eigenvalue weighted by Gasteiger charge is 2.64. The van der Waals surface area contributed by atoms with Crippen molar-refractivity contribution in [1.82, 2.24) is 9.80 Å². The van der Waals surface area contributed by atoms with Gasteiger partial charge in [0.2, 0.25) is 0 Å². The van der Waals surface area contributed by atoms with Crippen molar-refractivity contribution < 1.29 is 9.59 Å². The zero-order valence-electron chi connectivity index (χ0n) is 21.9. The molecule has 4 aliphatic rings. The van der Waals surface area contributed by atoms with Crippen molar-refractivity contribution >= 4 is 23.0 Å². The summed E-state index contributed by atoms with van der Waals surface area (Å²) in [6.07, 6.45) is 4.28. The van der Waals surface area contributed by atoms with Crippen LogP contribution in [0.25, 0.3) is 11.4 Å². The van der Waals surface area contributed by atoms with Crippen molar-refractivity contribution in [3.8, 4) is 0 Å². The quantitative estimate of drug-likeness (QED) is 0.426. The van der Waals surface area contributed by atoms with Crippen LogP contribution < -0.4 is 0 Å². The third-order valence-electron chi connectivity index (χ3n) is 9.42. The van der Waals surface area contributed by atoms with Crippen LogP contribution in [0.4, 0.5) is 0 Å². The Morgan fingerprint density at radius 3 is 1.24 bits per heavy atom. The molecule has 0 spiro atoms. The first kappa shape index (κ1) is 22.7. The average molecular weight is 497 g/mol. The standard InChI is InChI=1S/C34H28N2O2/c1-33-25(19-27(35(33)3)21-13-7-5-8-14-21)29-30(32(38)24-18-12-11-17-23(24)31(29)37)26-20-28(36(4)34(26,33)2)22-15-9-6-10-16-22/h5-20H,1-4H3/t33-,34-/m1/s1. The van der Waals surface area contributed by atoms with Crippen LogP contribution in [-0.2, 0) is 0 Å². The predicted octanol–water partition coefficient (Wildman–Crippen LogP) is 6.16. The zero-order chi connectivity index (χ0) is 26.4. The van der Waals surface area contributed by atoms with E-state index in [-0.39, 0.29) is 11.6 Å². The molecular formula is C34H28N2O2. The van der Waals surface area contributed by atoms with E-state index in [0.717, 1.165) is 33.7 Å². The van der Waals surface area contributed by atoms with Crippen LogP contribution >= 0.6 is 0 Å². The number of carbonyl (C=O) groups is 2. The van der Waals surface area contributed by atoms with E-state index < -0.39 is 11.1 Å². The number of hydrogen-bond donors (Lipinski definition) is 0. The molecule has 0 saturated carbocycles. The second-order valence-corrected chi connectivity index (χ2v) is 10.8. The molecule has 0 amide bonds. The third-order valence-corrected chi connectivity index (χ3v) is 9.42. The lowest BCUT2D eigenvalue weighted by molar-refractivity contribution is 0.0857. The second kappa shape index (κ2) is 7.55. The van der Waals surface area contributed by atoms with E-state index in [9.17, 15) is 9.59 Å². The summed E-state index contributed by atoms with van der Waals surface area (Å²) in [6.45, 7) is 4.43. The molecule has 0 radical (unpaired) electrons. The summed E-state index contributed by atoms with van der Waals surface area (Å²) in [5, 5.41) is 0. The minimum Gasteiger partial charge on any atom is -0.362 e. The topological polar surface area (TPSA) is 40.6 Å². The fraction of sp³-hybridized carbons (Fsp3) is 0.176. The SMILES string of the molecule is CN1C(c2ccccc2)=CC2=C3C(=O)c4ccccc4C(=O)C3=C3C=C(c4ccccc4)N(C)[C@@]3(C)[C@@]21C. The van der Waals surface area contributed by atoms with E-state index in [1.807, 2.05) is 48.5 Å². The molecule has 38 heavy (non-hydrogen) atoms. The van der Waals surface area contributed by atoms with E-state index in [2.05, 4.69) is 74.2 Å². The van der Waals surface area contributed by atoms with Crippen LogP contribution in [0.15, 0.2) is 119 Å². The first-order valence-electron chi connectivity index (χ1n) is 13.0. The molecule has 186 valence electrons. The predicted molar refractivity (Wildman–Crippen MR) is 150 cm³/mol. The molecule has 4 nitrogen and oxygen atoms in total. The smallest absolute Gasteiger partial charge is 0.194 e. The fourth-order valence-electron chi connectivity index (χ4n) is 7.06. The number of likely N-dealkylation sites (N-methyl/N-ethyl adjacent to an activating group) is 2. The molecule has 0 aromatic heterocycles. The van der Waals surface area contributed by atoms with Crippen LogP contribution in [-0.4, -0.2) is 46.5 Å². The Labute approximate surface area is 222 Å². The molecule has 2 aliphatic heterocycles. The number of ketones is 2. The first-order valence-corrected chi connectivity index (χ1v) is 13.0. The second-order valence-electron chi connectivity index (χ2n) is 10.8. The highest BCUT2D eigenvalue weighted by molar-refractivity contribution is 6.32. The lowest BCUT2D eigenvalue weighted by Gasteiger charge is -2.56. The molecule has 0 unspecified atom stereocenters. The number of Topliss-reactive ketones (excluding diaryl/α,β-unsaturated/α-hetero) is 2. The monoisotopic (exact) mass is 496 g/mol. The molecule has 2 atom stereocenters. The highest BCUT2D eigenvalue weighted by Crippen LogP contribution is 2.61. The maximum Gasteiger partial charge on any atom is 0.194 e. The highest BCUT2D eigenvalue weighted by atomic mass is 16.1. The number of nitrogens with zero attached hydrogens (tertiary/aromatic N) is 2. The molecule has 4 heteroatoms. The number of rotatable bonds is 2. The number of fused-ring (bicyclic) bond motifs is 5. The molecule has 0 saturated heterocycles. The van der Waals surface area contributed by atoms with Gasteiger partial charge >= 0.3 is 0 Å². The molecule has 0 bridgehead atoms. The molecular weight excluding hydrogens is 468 g/mol.